The minimum absolute atomic E-state index is 0.0524. The van der Waals surface area contributed by atoms with E-state index in [-0.39, 0.29) is 29.2 Å². The lowest BCUT2D eigenvalue weighted by Gasteiger charge is -2.31. The maximum Gasteiger partial charge on any atom is 0.332 e. The number of fused-ring (bicyclic) bond motifs is 1. The van der Waals surface area contributed by atoms with Crippen LogP contribution in [0.15, 0.2) is 9.59 Å². The van der Waals surface area contributed by atoms with Crippen molar-refractivity contribution in [1.82, 2.24) is 28.9 Å². The predicted molar refractivity (Wildman–Crippen MR) is 140 cm³/mol. The fourth-order valence-corrected chi connectivity index (χ4v) is 4.49. The Bertz CT molecular complexity index is 1220. The molecular weight excluding hydrogens is 462 g/mol. The molecule has 3 rings (SSSR count). The van der Waals surface area contributed by atoms with Crippen molar-refractivity contribution in [2.24, 2.45) is 13.0 Å². The van der Waals surface area contributed by atoms with E-state index in [0.717, 1.165) is 39.0 Å². The van der Waals surface area contributed by atoms with Crippen LogP contribution in [0.1, 0.15) is 40.0 Å². The van der Waals surface area contributed by atoms with Gasteiger partial charge in [0, 0.05) is 26.7 Å². The number of anilines is 1. The van der Waals surface area contributed by atoms with Gasteiger partial charge in [-0.1, -0.05) is 5.92 Å². The van der Waals surface area contributed by atoms with Crippen molar-refractivity contribution in [1.29, 1.82) is 0 Å². The van der Waals surface area contributed by atoms with Crippen LogP contribution in [-0.2, 0) is 29.7 Å². The number of hydrogen-bond donors (Lipinski definition) is 2. The molecule has 0 amide bonds. The molecule has 0 saturated carbocycles. The van der Waals surface area contributed by atoms with Gasteiger partial charge in [-0.3, -0.25) is 23.3 Å². The second kappa shape index (κ2) is 12.7. The van der Waals surface area contributed by atoms with Crippen molar-refractivity contribution in [2.75, 3.05) is 45.1 Å². The van der Waals surface area contributed by atoms with Crippen LogP contribution in [0.3, 0.4) is 0 Å². The van der Waals surface area contributed by atoms with Crippen LogP contribution < -0.4 is 21.9 Å². The first-order valence-electron chi connectivity index (χ1n) is 12.7. The number of rotatable bonds is 11. The van der Waals surface area contributed by atoms with E-state index in [2.05, 4.69) is 32.4 Å². The first-order chi connectivity index (χ1) is 17.3. The smallest absolute Gasteiger partial charge is 0.332 e. The van der Waals surface area contributed by atoms with Crippen molar-refractivity contribution in [2.45, 2.75) is 59.2 Å². The number of likely N-dealkylation sites (tertiary alicyclic amines) is 1. The predicted octanol–water partition coefficient (Wildman–Crippen LogP) is 0.605. The number of aryl methyl sites for hydroxylation is 1. The molecular formula is C25H39N7O4. The van der Waals surface area contributed by atoms with Crippen LogP contribution in [0.5, 0.6) is 0 Å². The summed E-state index contributed by atoms with van der Waals surface area (Å²) in [4.78, 5) is 45.5. The van der Waals surface area contributed by atoms with E-state index < -0.39 is 0 Å². The van der Waals surface area contributed by atoms with Gasteiger partial charge in [0.15, 0.2) is 11.2 Å². The van der Waals surface area contributed by atoms with Gasteiger partial charge in [-0.05, 0) is 66.7 Å². The molecule has 3 heterocycles. The summed E-state index contributed by atoms with van der Waals surface area (Å²) in [7, 11) is 3.50. The zero-order valence-corrected chi connectivity index (χ0v) is 22.1. The SMILES string of the molecule is CC#CCn1c(NCCNC)nc2c1c(=O)n(CCCN1CCC(C(=O)OC(C)C)CC1)c(=O)n2C. The second-order valence-corrected chi connectivity index (χ2v) is 9.40. The van der Waals surface area contributed by atoms with Gasteiger partial charge in [-0.2, -0.15) is 4.98 Å². The van der Waals surface area contributed by atoms with Gasteiger partial charge in [0.05, 0.1) is 18.6 Å². The van der Waals surface area contributed by atoms with Gasteiger partial charge < -0.3 is 20.3 Å². The average molecular weight is 502 g/mol. The Labute approximate surface area is 211 Å². The van der Waals surface area contributed by atoms with E-state index in [9.17, 15) is 14.4 Å². The van der Waals surface area contributed by atoms with Crippen LogP contribution in [-0.4, -0.2) is 75.4 Å². The summed E-state index contributed by atoms with van der Waals surface area (Å²) < 4.78 is 9.82. The average Bonchev–Trinajstić information content (AvgIpc) is 3.22. The molecule has 0 spiro atoms. The van der Waals surface area contributed by atoms with Crippen molar-refractivity contribution >= 4 is 23.1 Å². The van der Waals surface area contributed by atoms with Gasteiger partial charge in [0.2, 0.25) is 5.95 Å². The molecule has 11 nitrogen and oxygen atoms in total. The number of carbonyl (C=O) groups excluding carboxylic acids is 1. The Balaban J connectivity index is 1.74. The third kappa shape index (κ3) is 6.36. The molecule has 0 aromatic carbocycles. The summed E-state index contributed by atoms with van der Waals surface area (Å²) in [5.41, 5.74) is -0.0105. The summed E-state index contributed by atoms with van der Waals surface area (Å²) >= 11 is 0. The van der Waals surface area contributed by atoms with Crippen molar-refractivity contribution < 1.29 is 9.53 Å². The Kier molecular flexibility index (Phi) is 9.73. The molecule has 1 aliphatic rings. The summed E-state index contributed by atoms with van der Waals surface area (Å²) in [6.07, 6.45) is 2.08. The number of esters is 1. The van der Waals surface area contributed by atoms with E-state index >= 15 is 0 Å². The van der Waals surface area contributed by atoms with Crippen LogP contribution in [0.2, 0.25) is 0 Å². The minimum Gasteiger partial charge on any atom is -0.463 e. The number of aromatic nitrogens is 4. The largest absolute Gasteiger partial charge is 0.463 e. The second-order valence-electron chi connectivity index (χ2n) is 9.40. The molecule has 2 aromatic rings. The topological polar surface area (TPSA) is 115 Å². The van der Waals surface area contributed by atoms with Crippen molar-refractivity contribution in [3.63, 3.8) is 0 Å². The van der Waals surface area contributed by atoms with E-state index in [1.165, 1.54) is 9.13 Å². The molecule has 2 aromatic heterocycles. The first kappa shape index (κ1) is 27.5. The van der Waals surface area contributed by atoms with Crippen LogP contribution in [0.25, 0.3) is 11.2 Å². The maximum atomic E-state index is 13.5. The molecule has 36 heavy (non-hydrogen) atoms. The maximum absolute atomic E-state index is 13.5. The number of carbonyl (C=O) groups is 1. The zero-order chi connectivity index (χ0) is 26.2. The summed E-state index contributed by atoms with van der Waals surface area (Å²) in [5.74, 6) is 6.22. The van der Waals surface area contributed by atoms with Gasteiger partial charge >= 0.3 is 11.7 Å². The number of piperidine rings is 1. The van der Waals surface area contributed by atoms with Gasteiger partial charge in [0.25, 0.3) is 5.56 Å². The minimum atomic E-state index is -0.379. The molecule has 0 radical (unpaired) electrons. The molecule has 1 fully saturated rings. The van der Waals surface area contributed by atoms with E-state index in [0.29, 0.717) is 43.2 Å². The lowest BCUT2D eigenvalue weighted by molar-refractivity contribution is -0.154. The van der Waals surface area contributed by atoms with Crippen molar-refractivity contribution in [3.8, 4) is 11.8 Å². The molecule has 1 aliphatic heterocycles. The lowest BCUT2D eigenvalue weighted by Crippen LogP contribution is -2.41. The quantitative estimate of drug-likeness (QED) is 0.261. The van der Waals surface area contributed by atoms with Crippen LogP contribution in [0, 0.1) is 17.8 Å². The summed E-state index contributed by atoms with van der Waals surface area (Å²) in [5, 5.41) is 6.30. The molecule has 11 heteroatoms. The Morgan fingerprint density at radius 2 is 1.89 bits per heavy atom. The number of ether oxygens (including phenoxy) is 1. The third-order valence-electron chi connectivity index (χ3n) is 6.43. The van der Waals surface area contributed by atoms with E-state index in [1.54, 1.807) is 18.5 Å². The number of hydrogen-bond acceptors (Lipinski definition) is 8. The molecule has 0 unspecified atom stereocenters. The summed E-state index contributed by atoms with van der Waals surface area (Å²) in [6.45, 7) is 9.77. The van der Waals surface area contributed by atoms with Gasteiger partial charge in [0.1, 0.15) is 0 Å². The standard InChI is InChI=1S/C25H39N7O4/c1-6-7-14-31-20-21(28-24(31)27-12-11-26-4)29(5)25(35)32(22(20)33)15-8-13-30-16-9-19(10-17-30)23(34)36-18(2)3/h18-19,26H,8-17H2,1-5H3,(H,27,28). The van der Waals surface area contributed by atoms with Gasteiger partial charge in [-0.25, -0.2) is 4.79 Å². The fraction of sp³-hybridized carbons (Fsp3) is 0.680. The normalized spacial score (nSPS) is 14.7. The number of likely N-dealkylation sites (N-methyl/N-ethyl adjacent to an activating group) is 1. The van der Waals surface area contributed by atoms with Gasteiger partial charge in [-0.15, -0.1) is 5.92 Å². The first-order valence-corrected chi connectivity index (χ1v) is 12.7. The van der Waals surface area contributed by atoms with Crippen LogP contribution >= 0.6 is 0 Å². The molecule has 0 aliphatic carbocycles. The highest BCUT2D eigenvalue weighted by atomic mass is 16.5. The monoisotopic (exact) mass is 501 g/mol. The zero-order valence-electron chi connectivity index (χ0n) is 22.1. The Morgan fingerprint density at radius 1 is 1.17 bits per heavy atom. The molecule has 2 N–H and O–H groups in total. The number of nitrogens with one attached hydrogen (secondary N) is 2. The molecule has 1 saturated heterocycles. The summed E-state index contributed by atoms with van der Waals surface area (Å²) in [6, 6.07) is 0. The highest BCUT2D eigenvalue weighted by Crippen LogP contribution is 2.20. The molecule has 0 bridgehead atoms. The Hall–Kier alpha value is -3.10. The fourth-order valence-electron chi connectivity index (χ4n) is 4.49. The highest BCUT2D eigenvalue weighted by molar-refractivity contribution is 5.74. The number of nitrogens with zero attached hydrogens (tertiary/aromatic N) is 5. The third-order valence-corrected chi connectivity index (χ3v) is 6.43. The van der Waals surface area contributed by atoms with E-state index in [4.69, 9.17) is 4.74 Å². The van der Waals surface area contributed by atoms with Crippen molar-refractivity contribution in [3.05, 3.63) is 20.8 Å². The molecule has 198 valence electrons. The molecule has 0 atom stereocenters. The highest BCUT2D eigenvalue weighted by Gasteiger charge is 2.26. The Morgan fingerprint density at radius 3 is 2.53 bits per heavy atom. The number of imidazole rings is 1. The lowest BCUT2D eigenvalue weighted by atomic mass is 9.97. The van der Waals surface area contributed by atoms with E-state index in [1.807, 2.05) is 20.9 Å². The van der Waals surface area contributed by atoms with Crippen LogP contribution in [0.4, 0.5) is 5.95 Å².